The minimum absolute atomic E-state index is 0.167. The molecule has 0 radical (unpaired) electrons. The standard InChI is InChI=1S/C17H18O5S/c1-12-3-6-15(7-4-12)23(18,19)22-13(2)9-14-5-8-16-17(10-14)21-11-20-16/h3-8,10,13H,9,11H2,1-2H3. The molecule has 1 aliphatic heterocycles. The monoisotopic (exact) mass is 334 g/mol. The van der Waals surface area contributed by atoms with Gasteiger partial charge in [0, 0.05) is 0 Å². The van der Waals surface area contributed by atoms with Gasteiger partial charge in [-0.05, 0) is 50.1 Å². The van der Waals surface area contributed by atoms with Crippen molar-refractivity contribution in [3.05, 3.63) is 53.6 Å². The molecule has 1 unspecified atom stereocenters. The van der Waals surface area contributed by atoms with Crippen LogP contribution in [0.2, 0.25) is 0 Å². The second kappa shape index (κ2) is 6.22. The highest BCUT2D eigenvalue weighted by atomic mass is 32.2. The molecule has 0 N–H and O–H groups in total. The predicted octanol–water partition coefficient (Wildman–Crippen LogP) is 3.06. The summed E-state index contributed by atoms with van der Waals surface area (Å²) < 4.78 is 40.4. The van der Waals surface area contributed by atoms with Gasteiger partial charge in [0.25, 0.3) is 10.1 Å². The Hall–Kier alpha value is -2.05. The van der Waals surface area contributed by atoms with Crippen molar-refractivity contribution in [1.29, 1.82) is 0 Å². The van der Waals surface area contributed by atoms with Gasteiger partial charge in [-0.2, -0.15) is 8.42 Å². The maximum Gasteiger partial charge on any atom is 0.297 e. The molecule has 1 aliphatic rings. The molecule has 0 fully saturated rings. The summed E-state index contributed by atoms with van der Waals surface area (Å²) in [7, 11) is -3.76. The fraction of sp³-hybridized carbons (Fsp3) is 0.294. The largest absolute Gasteiger partial charge is 0.454 e. The number of hydrogen-bond acceptors (Lipinski definition) is 5. The highest BCUT2D eigenvalue weighted by Gasteiger charge is 2.20. The van der Waals surface area contributed by atoms with E-state index in [0.717, 1.165) is 11.1 Å². The van der Waals surface area contributed by atoms with Gasteiger partial charge in [0.2, 0.25) is 6.79 Å². The zero-order valence-corrected chi connectivity index (χ0v) is 13.8. The molecule has 1 atom stereocenters. The molecule has 0 spiro atoms. The van der Waals surface area contributed by atoms with E-state index in [2.05, 4.69) is 0 Å². The average Bonchev–Trinajstić information content (AvgIpc) is 2.94. The highest BCUT2D eigenvalue weighted by Crippen LogP contribution is 2.33. The Morgan fingerprint density at radius 2 is 1.78 bits per heavy atom. The van der Waals surface area contributed by atoms with Gasteiger partial charge in [0.1, 0.15) is 0 Å². The molecule has 2 aromatic rings. The van der Waals surface area contributed by atoms with Gasteiger partial charge < -0.3 is 9.47 Å². The summed E-state index contributed by atoms with van der Waals surface area (Å²) in [4.78, 5) is 0.167. The molecule has 2 aromatic carbocycles. The SMILES string of the molecule is Cc1ccc(S(=O)(=O)OC(C)Cc2ccc3c(c2)OCO3)cc1. The fourth-order valence-corrected chi connectivity index (χ4v) is 3.49. The Morgan fingerprint density at radius 1 is 1.09 bits per heavy atom. The molecule has 0 aromatic heterocycles. The van der Waals surface area contributed by atoms with Gasteiger partial charge in [-0.3, -0.25) is 4.18 Å². The molecule has 0 aliphatic carbocycles. The van der Waals surface area contributed by atoms with Crippen molar-refractivity contribution >= 4 is 10.1 Å². The van der Waals surface area contributed by atoms with E-state index in [1.165, 1.54) is 0 Å². The average molecular weight is 334 g/mol. The molecule has 0 amide bonds. The number of fused-ring (bicyclic) bond motifs is 1. The third-order valence-electron chi connectivity index (χ3n) is 3.56. The van der Waals surface area contributed by atoms with Crippen LogP contribution in [0.1, 0.15) is 18.1 Å². The number of ether oxygens (including phenoxy) is 2. The molecule has 0 saturated heterocycles. The first-order valence-electron chi connectivity index (χ1n) is 7.32. The van der Waals surface area contributed by atoms with Gasteiger partial charge in [-0.1, -0.05) is 23.8 Å². The summed E-state index contributed by atoms with van der Waals surface area (Å²) in [5.74, 6) is 1.38. The lowest BCUT2D eigenvalue weighted by atomic mass is 10.1. The zero-order chi connectivity index (χ0) is 16.4. The molecule has 3 rings (SSSR count). The van der Waals surface area contributed by atoms with E-state index in [4.69, 9.17) is 13.7 Å². The van der Waals surface area contributed by atoms with E-state index < -0.39 is 16.2 Å². The van der Waals surface area contributed by atoms with Crippen LogP contribution in [0.4, 0.5) is 0 Å². The predicted molar refractivity (Wildman–Crippen MR) is 85.2 cm³/mol. The van der Waals surface area contributed by atoms with Crippen LogP contribution in [0.5, 0.6) is 11.5 Å². The Morgan fingerprint density at radius 3 is 2.52 bits per heavy atom. The minimum atomic E-state index is -3.76. The molecule has 122 valence electrons. The normalized spacial score (nSPS) is 14.7. The van der Waals surface area contributed by atoms with Gasteiger partial charge in [-0.25, -0.2) is 0 Å². The van der Waals surface area contributed by atoms with Crippen molar-refractivity contribution < 1.29 is 22.1 Å². The smallest absolute Gasteiger partial charge is 0.297 e. The van der Waals surface area contributed by atoms with Crippen molar-refractivity contribution in [1.82, 2.24) is 0 Å². The Labute approximate surface area is 135 Å². The van der Waals surface area contributed by atoms with Crippen molar-refractivity contribution in [2.45, 2.75) is 31.3 Å². The Balaban J connectivity index is 1.69. The van der Waals surface area contributed by atoms with Gasteiger partial charge >= 0.3 is 0 Å². The van der Waals surface area contributed by atoms with Crippen molar-refractivity contribution in [2.75, 3.05) is 6.79 Å². The van der Waals surface area contributed by atoms with Gasteiger partial charge in [0.15, 0.2) is 11.5 Å². The topological polar surface area (TPSA) is 61.8 Å². The second-order valence-corrected chi connectivity index (χ2v) is 7.14. The summed E-state index contributed by atoms with van der Waals surface area (Å²) in [6.07, 6.45) is -0.0245. The van der Waals surface area contributed by atoms with Crippen molar-refractivity contribution in [3.63, 3.8) is 0 Å². The zero-order valence-electron chi connectivity index (χ0n) is 13.0. The maximum absolute atomic E-state index is 12.3. The number of benzene rings is 2. The lowest BCUT2D eigenvalue weighted by Crippen LogP contribution is -2.18. The van der Waals surface area contributed by atoms with Crippen LogP contribution in [0, 0.1) is 6.92 Å². The van der Waals surface area contributed by atoms with E-state index in [1.807, 2.05) is 25.1 Å². The molecule has 1 heterocycles. The summed E-state index contributed by atoms with van der Waals surface area (Å²) in [6.45, 7) is 3.85. The van der Waals surface area contributed by atoms with Gasteiger partial charge in [-0.15, -0.1) is 0 Å². The van der Waals surface area contributed by atoms with Crippen LogP contribution in [0.25, 0.3) is 0 Å². The first-order chi connectivity index (χ1) is 10.9. The second-order valence-electron chi connectivity index (χ2n) is 5.57. The summed E-state index contributed by atoms with van der Waals surface area (Å²) in [5.41, 5.74) is 1.93. The molecule has 23 heavy (non-hydrogen) atoms. The van der Waals surface area contributed by atoms with Crippen LogP contribution in [0.3, 0.4) is 0 Å². The molecular formula is C17H18O5S. The van der Waals surface area contributed by atoms with E-state index in [-0.39, 0.29) is 11.7 Å². The van der Waals surface area contributed by atoms with Crippen LogP contribution >= 0.6 is 0 Å². The lowest BCUT2D eigenvalue weighted by molar-refractivity contribution is 0.174. The summed E-state index contributed by atoms with van der Waals surface area (Å²) in [6, 6.07) is 12.2. The Bertz CT molecular complexity index is 796. The molecule has 5 nitrogen and oxygen atoms in total. The molecule has 0 saturated carbocycles. The van der Waals surface area contributed by atoms with Crippen molar-refractivity contribution in [3.8, 4) is 11.5 Å². The van der Waals surface area contributed by atoms with Gasteiger partial charge in [0.05, 0.1) is 11.0 Å². The van der Waals surface area contributed by atoms with E-state index in [0.29, 0.717) is 17.9 Å². The van der Waals surface area contributed by atoms with Crippen LogP contribution < -0.4 is 9.47 Å². The van der Waals surface area contributed by atoms with E-state index in [9.17, 15) is 8.42 Å². The van der Waals surface area contributed by atoms with Crippen LogP contribution in [-0.4, -0.2) is 21.3 Å². The van der Waals surface area contributed by atoms with E-state index in [1.54, 1.807) is 31.2 Å². The third-order valence-corrected chi connectivity index (χ3v) is 4.99. The molecule has 6 heteroatoms. The lowest BCUT2D eigenvalue weighted by Gasteiger charge is -2.13. The minimum Gasteiger partial charge on any atom is -0.454 e. The third kappa shape index (κ3) is 3.65. The maximum atomic E-state index is 12.3. The molecule has 0 bridgehead atoms. The fourth-order valence-electron chi connectivity index (χ4n) is 2.41. The first kappa shape index (κ1) is 15.8. The highest BCUT2D eigenvalue weighted by molar-refractivity contribution is 7.86. The van der Waals surface area contributed by atoms with Crippen molar-refractivity contribution in [2.24, 2.45) is 0 Å². The Kier molecular flexibility index (Phi) is 4.28. The first-order valence-corrected chi connectivity index (χ1v) is 8.73. The van der Waals surface area contributed by atoms with Crippen LogP contribution in [0.15, 0.2) is 47.4 Å². The van der Waals surface area contributed by atoms with Crippen LogP contribution in [-0.2, 0) is 20.7 Å². The number of hydrogen-bond donors (Lipinski definition) is 0. The number of aryl methyl sites for hydroxylation is 1. The summed E-state index contributed by atoms with van der Waals surface area (Å²) >= 11 is 0. The summed E-state index contributed by atoms with van der Waals surface area (Å²) in [5, 5.41) is 0. The number of rotatable bonds is 5. The van der Waals surface area contributed by atoms with E-state index >= 15 is 0 Å². The quantitative estimate of drug-likeness (QED) is 0.787. The molecular weight excluding hydrogens is 316 g/mol.